The third-order valence-electron chi connectivity index (χ3n) is 3.18. The molecular formula is C14H15N3O2. The van der Waals surface area contributed by atoms with Gasteiger partial charge in [-0.25, -0.2) is 0 Å². The zero-order valence-corrected chi connectivity index (χ0v) is 10.6. The fourth-order valence-corrected chi connectivity index (χ4v) is 1.93. The first kappa shape index (κ1) is 11.8. The predicted molar refractivity (Wildman–Crippen MR) is 71.1 cm³/mol. The van der Waals surface area contributed by atoms with Crippen molar-refractivity contribution in [3.63, 3.8) is 0 Å². The standard InChI is InChI=1S/C14H15N3O2/c1-19-11-6-2-9(3-7-11)13-12(8-15-17-13)14(18)16-10-4-5-10/h2-3,6-8,10H,4-5H2,1H3,(H,15,17)(H,16,18). The van der Waals surface area contributed by atoms with Crippen molar-refractivity contribution in [3.8, 4) is 17.0 Å². The molecular weight excluding hydrogens is 242 g/mol. The van der Waals surface area contributed by atoms with Gasteiger partial charge in [0, 0.05) is 11.6 Å². The molecule has 0 aliphatic heterocycles. The summed E-state index contributed by atoms with van der Waals surface area (Å²) in [6.07, 6.45) is 3.71. The maximum absolute atomic E-state index is 12.1. The van der Waals surface area contributed by atoms with Gasteiger partial charge in [-0.2, -0.15) is 5.10 Å². The SMILES string of the molecule is COc1ccc(-c2[nH]ncc2C(=O)NC2CC2)cc1. The van der Waals surface area contributed by atoms with Crippen molar-refractivity contribution in [1.29, 1.82) is 0 Å². The minimum absolute atomic E-state index is 0.0675. The van der Waals surface area contributed by atoms with E-state index in [1.165, 1.54) is 0 Å². The topological polar surface area (TPSA) is 67.0 Å². The number of ether oxygens (including phenoxy) is 1. The minimum atomic E-state index is -0.0675. The summed E-state index contributed by atoms with van der Waals surface area (Å²) in [5.41, 5.74) is 2.23. The van der Waals surface area contributed by atoms with E-state index in [1.807, 2.05) is 24.3 Å². The molecule has 0 unspecified atom stereocenters. The Hall–Kier alpha value is -2.30. The molecule has 1 aliphatic rings. The van der Waals surface area contributed by atoms with Gasteiger partial charge >= 0.3 is 0 Å². The maximum atomic E-state index is 12.1. The van der Waals surface area contributed by atoms with Gasteiger partial charge in [-0.1, -0.05) is 0 Å². The summed E-state index contributed by atoms with van der Waals surface area (Å²) in [5, 5.41) is 9.82. The third-order valence-corrected chi connectivity index (χ3v) is 3.18. The zero-order chi connectivity index (χ0) is 13.2. The lowest BCUT2D eigenvalue weighted by Gasteiger charge is -2.05. The molecule has 5 nitrogen and oxygen atoms in total. The molecule has 98 valence electrons. The Kier molecular flexibility index (Phi) is 2.95. The summed E-state index contributed by atoms with van der Waals surface area (Å²) in [4.78, 5) is 12.1. The molecule has 1 fully saturated rings. The highest BCUT2D eigenvalue weighted by atomic mass is 16.5. The second-order valence-corrected chi connectivity index (χ2v) is 4.63. The molecule has 1 amide bonds. The molecule has 0 radical (unpaired) electrons. The van der Waals surface area contributed by atoms with E-state index in [9.17, 15) is 4.79 Å². The number of methoxy groups -OCH3 is 1. The van der Waals surface area contributed by atoms with Crippen LogP contribution in [-0.2, 0) is 0 Å². The number of benzene rings is 1. The van der Waals surface area contributed by atoms with Crippen LogP contribution >= 0.6 is 0 Å². The Bertz CT molecular complexity index is 585. The number of aromatic amines is 1. The molecule has 5 heteroatoms. The summed E-state index contributed by atoms with van der Waals surface area (Å²) in [6.45, 7) is 0. The van der Waals surface area contributed by atoms with Crippen LogP contribution in [0.15, 0.2) is 30.5 Å². The highest BCUT2D eigenvalue weighted by Crippen LogP contribution is 2.25. The second kappa shape index (κ2) is 4.76. The molecule has 2 aromatic rings. The van der Waals surface area contributed by atoms with E-state index in [-0.39, 0.29) is 5.91 Å². The van der Waals surface area contributed by atoms with Crippen LogP contribution in [0.5, 0.6) is 5.75 Å². The maximum Gasteiger partial charge on any atom is 0.255 e. The number of rotatable bonds is 4. The van der Waals surface area contributed by atoms with Crippen LogP contribution in [-0.4, -0.2) is 29.3 Å². The van der Waals surface area contributed by atoms with Crippen LogP contribution < -0.4 is 10.1 Å². The largest absolute Gasteiger partial charge is 0.497 e. The number of aromatic nitrogens is 2. The molecule has 1 aromatic heterocycles. The molecule has 1 saturated carbocycles. The van der Waals surface area contributed by atoms with E-state index >= 15 is 0 Å². The average Bonchev–Trinajstić information content (AvgIpc) is 3.11. The predicted octanol–water partition coefficient (Wildman–Crippen LogP) is 1.98. The number of carbonyl (C=O) groups excluding carboxylic acids is 1. The second-order valence-electron chi connectivity index (χ2n) is 4.63. The number of amides is 1. The molecule has 0 saturated heterocycles. The van der Waals surface area contributed by atoms with Crippen molar-refractivity contribution in [2.24, 2.45) is 0 Å². The summed E-state index contributed by atoms with van der Waals surface area (Å²) in [5.74, 6) is 0.717. The number of hydrogen-bond donors (Lipinski definition) is 2. The first-order valence-electron chi connectivity index (χ1n) is 6.26. The summed E-state index contributed by atoms with van der Waals surface area (Å²) < 4.78 is 5.12. The van der Waals surface area contributed by atoms with Crippen molar-refractivity contribution in [2.75, 3.05) is 7.11 Å². The molecule has 1 heterocycles. The fraction of sp³-hybridized carbons (Fsp3) is 0.286. The average molecular weight is 257 g/mol. The van der Waals surface area contributed by atoms with E-state index in [0.29, 0.717) is 11.6 Å². The van der Waals surface area contributed by atoms with Gasteiger partial charge in [-0.05, 0) is 37.1 Å². The monoisotopic (exact) mass is 257 g/mol. The van der Waals surface area contributed by atoms with E-state index in [4.69, 9.17) is 4.74 Å². The smallest absolute Gasteiger partial charge is 0.255 e. The zero-order valence-electron chi connectivity index (χ0n) is 10.6. The van der Waals surface area contributed by atoms with Gasteiger partial charge in [-0.3, -0.25) is 9.89 Å². The fourth-order valence-electron chi connectivity index (χ4n) is 1.93. The molecule has 0 atom stereocenters. The van der Waals surface area contributed by atoms with Crippen LogP contribution in [0.25, 0.3) is 11.3 Å². The quantitative estimate of drug-likeness (QED) is 0.880. The van der Waals surface area contributed by atoms with Crippen molar-refractivity contribution in [3.05, 3.63) is 36.0 Å². The van der Waals surface area contributed by atoms with Crippen LogP contribution in [0, 0.1) is 0 Å². The lowest BCUT2D eigenvalue weighted by molar-refractivity contribution is 0.0952. The summed E-state index contributed by atoms with van der Waals surface area (Å²) in [6, 6.07) is 7.86. The van der Waals surface area contributed by atoms with Gasteiger partial charge in [0.2, 0.25) is 0 Å². The molecule has 19 heavy (non-hydrogen) atoms. The van der Waals surface area contributed by atoms with Crippen molar-refractivity contribution in [1.82, 2.24) is 15.5 Å². The van der Waals surface area contributed by atoms with Gasteiger partial charge < -0.3 is 10.1 Å². The Morgan fingerprint density at radius 3 is 2.74 bits per heavy atom. The van der Waals surface area contributed by atoms with Crippen LogP contribution in [0.4, 0.5) is 0 Å². The number of nitrogens with one attached hydrogen (secondary N) is 2. The Labute approximate surface area is 111 Å². The number of carbonyl (C=O) groups is 1. The molecule has 0 bridgehead atoms. The highest BCUT2D eigenvalue weighted by Gasteiger charge is 2.25. The number of nitrogens with zero attached hydrogens (tertiary/aromatic N) is 1. The lowest BCUT2D eigenvalue weighted by Crippen LogP contribution is -2.25. The molecule has 2 N–H and O–H groups in total. The van der Waals surface area contributed by atoms with Gasteiger partial charge in [0.15, 0.2) is 0 Å². The Morgan fingerprint density at radius 2 is 2.11 bits per heavy atom. The first-order valence-corrected chi connectivity index (χ1v) is 6.26. The van der Waals surface area contributed by atoms with Gasteiger partial charge in [-0.15, -0.1) is 0 Å². The number of hydrogen-bond acceptors (Lipinski definition) is 3. The van der Waals surface area contributed by atoms with Crippen LogP contribution in [0.2, 0.25) is 0 Å². The summed E-state index contributed by atoms with van der Waals surface area (Å²) in [7, 11) is 1.62. The number of H-pyrrole nitrogens is 1. The Balaban J connectivity index is 1.87. The van der Waals surface area contributed by atoms with Gasteiger partial charge in [0.05, 0.1) is 24.6 Å². The van der Waals surface area contributed by atoms with E-state index in [1.54, 1.807) is 13.3 Å². The third kappa shape index (κ3) is 2.45. The molecule has 1 aliphatic carbocycles. The van der Waals surface area contributed by atoms with Crippen LogP contribution in [0.1, 0.15) is 23.2 Å². The van der Waals surface area contributed by atoms with Crippen LogP contribution in [0.3, 0.4) is 0 Å². The van der Waals surface area contributed by atoms with Gasteiger partial charge in [0.25, 0.3) is 5.91 Å². The lowest BCUT2D eigenvalue weighted by atomic mass is 10.1. The highest BCUT2D eigenvalue weighted by molar-refractivity contribution is 6.00. The van der Waals surface area contributed by atoms with Crippen molar-refractivity contribution >= 4 is 5.91 Å². The van der Waals surface area contributed by atoms with E-state index in [2.05, 4.69) is 15.5 Å². The molecule has 1 aromatic carbocycles. The minimum Gasteiger partial charge on any atom is -0.497 e. The molecule has 3 rings (SSSR count). The Morgan fingerprint density at radius 1 is 1.37 bits per heavy atom. The van der Waals surface area contributed by atoms with E-state index in [0.717, 1.165) is 29.8 Å². The van der Waals surface area contributed by atoms with Crippen molar-refractivity contribution < 1.29 is 9.53 Å². The van der Waals surface area contributed by atoms with Gasteiger partial charge in [0.1, 0.15) is 5.75 Å². The normalized spacial score (nSPS) is 14.2. The molecule has 0 spiro atoms. The summed E-state index contributed by atoms with van der Waals surface area (Å²) >= 11 is 0. The van der Waals surface area contributed by atoms with Crippen molar-refractivity contribution in [2.45, 2.75) is 18.9 Å². The first-order chi connectivity index (χ1) is 9.28. The van der Waals surface area contributed by atoms with E-state index < -0.39 is 0 Å².